The summed E-state index contributed by atoms with van der Waals surface area (Å²) < 4.78 is 45.0. The number of aromatic nitrogens is 3. The Hall–Kier alpha value is -3.59. The van der Waals surface area contributed by atoms with E-state index in [9.17, 15) is 18.0 Å². The van der Waals surface area contributed by atoms with Gasteiger partial charge in [0.05, 0.1) is 28.9 Å². The zero-order chi connectivity index (χ0) is 22.9. The monoisotopic (exact) mass is 442 g/mol. The van der Waals surface area contributed by atoms with Gasteiger partial charge in [-0.15, -0.1) is 0 Å². The lowest BCUT2D eigenvalue weighted by Gasteiger charge is -2.18. The number of methoxy groups -OCH3 is 1. The van der Waals surface area contributed by atoms with Crippen molar-refractivity contribution in [2.45, 2.75) is 6.18 Å². The van der Waals surface area contributed by atoms with Gasteiger partial charge in [0.1, 0.15) is 0 Å². The highest BCUT2D eigenvalue weighted by atomic mass is 19.4. The van der Waals surface area contributed by atoms with Crippen molar-refractivity contribution >= 4 is 22.5 Å². The summed E-state index contributed by atoms with van der Waals surface area (Å²) in [5, 5.41) is 0. The third-order valence-electron chi connectivity index (χ3n) is 5.21. The smallest absolute Gasteiger partial charge is 0.383 e. The minimum Gasteiger partial charge on any atom is -0.383 e. The van der Waals surface area contributed by atoms with Crippen molar-refractivity contribution in [3.8, 4) is 11.5 Å². The lowest BCUT2D eigenvalue weighted by Crippen LogP contribution is -2.21. The van der Waals surface area contributed by atoms with Crippen LogP contribution in [0.1, 0.15) is 21.5 Å². The first-order valence-electron chi connectivity index (χ1n) is 9.87. The molecule has 0 aliphatic carbocycles. The van der Waals surface area contributed by atoms with E-state index in [0.717, 1.165) is 29.3 Å². The van der Waals surface area contributed by atoms with Crippen molar-refractivity contribution < 1.29 is 22.7 Å². The van der Waals surface area contributed by atoms with Gasteiger partial charge >= 0.3 is 6.18 Å². The molecular formula is C23H21F3N4O2. The first-order chi connectivity index (χ1) is 15.3. The van der Waals surface area contributed by atoms with Crippen molar-refractivity contribution in [1.82, 2.24) is 15.0 Å². The van der Waals surface area contributed by atoms with Gasteiger partial charge in [0.15, 0.2) is 11.6 Å². The Morgan fingerprint density at radius 1 is 1.16 bits per heavy atom. The van der Waals surface area contributed by atoms with Crippen LogP contribution in [0.4, 0.5) is 18.9 Å². The Kier molecular flexibility index (Phi) is 5.75. The van der Waals surface area contributed by atoms with E-state index >= 15 is 0 Å². The number of carbonyl (C=O) groups is 1. The van der Waals surface area contributed by atoms with Crippen LogP contribution >= 0.6 is 0 Å². The number of nitrogens with one attached hydrogen (secondary N) is 2. The van der Waals surface area contributed by atoms with E-state index in [4.69, 9.17) is 4.74 Å². The topological polar surface area (TPSA) is 74.0 Å². The molecular weight excluding hydrogens is 421 g/mol. The zero-order valence-electron chi connectivity index (χ0n) is 17.5. The Labute approximate surface area is 182 Å². The van der Waals surface area contributed by atoms with E-state index in [2.05, 4.69) is 15.0 Å². The summed E-state index contributed by atoms with van der Waals surface area (Å²) in [5.74, 6) is -0.224. The van der Waals surface area contributed by atoms with E-state index in [1.54, 1.807) is 7.11 Å². The molecule has 0 radical (unpaired) electrons. The molecule has 2 N–H and O–H groups in total. The van der Waals surface area contributed by atoms with Gasteiger partial charge in [0.25, 0.3) is 0 Å². The Morgan fingerprint density at radius 2 is 1.94 bits per heavy atom. The Balaban J connectivity index is 1.62. The van der Waals surface area contributed by atoms with E-state index in [0.29, 0.717) is 18.1 Å². The second-order valence-electron chi connectivity index (χ2n) is 7.38. The molecule has 166 valence electrons. The Morgan fingerprint density at radius 3 is 2.69 bits per heavy atom. The molecule has 6 nitrogen and oxygen atoms in total. The summed E-state index contributed by atoms with van der Waals surface area (Å²) in [6.07, 6.45) is -3.22. The second-order valence-corrected chi connectivity index (χ2v) is 7.38. The predicted octanol–water partition coefficient (Wildman–Crippen LogP) is 4.89. The predicted molar refractivity (Wildman–Crippen MR) is 116 cm³/mol. The standard InChI is InChI=1S/C23H21F3N4O2/c1-30(9-10-32-2)15-7-8-18-19(12-15)29-22(28-18)20-11-14(13-27-20)21(31)16-5-3-4-6-17(16)23(24,25)26/h3-8,11-13,27H,9-10H2,1-2H3,(H,28,29). The molecule has 32 heavy (non-hydrogen) atoms. The SMILES string of the molecule is COCCN(C)c1ccc2nc(-c3cc(C(=O)c4ccccc4C(F)(F)F)c[nH]3)[nH]c2c1. The van der Waals surface area contributed by atoms with Crippen LogP contribution in [0.3, 0.4) is 0 Å². The maximum Gasteiger partial charge on any atom is 0.417 e. The van der Waals surface area contributed by atoms with Gasteiger partial charge < -0.3 is 19.6 Å². The highest BCUT2D eigenvalue weighted by Gasteiger charge is 2.35. The number of alkyl halides is 3. The number of aromatic amines is 2. The van der Waals surface area contributed by atoms with Crippen molar-refractivity contribution in [3.05, 3.63) is 71.4 Å². The number of H-pyrrole nitrogens is 2. The number of hydrogen-bond donors (Lipinski definition) is 2. The van der Waals surface area contributed by atoms with Crippen LogP contribution in [0.5, 0.6) is 0 Å². The number of nitrogens with zero attached hydrogens (tertiary/aromatic N) is 2. The minimum atomic E-state index is -4.61. The highest BCUT2D eigenvalue weighted by Crippen LogP contribution is 2.33. The molecule has 0 aliphatic heterocycles. The van der Waals surface area contributed by atoms with Crippen LogP contribution in [-0.2, 0) is 10.9 Å². The van der Waals surface area contributed by atoms with Gasteiger partial charge in [-0.25, -0.2) is 4.98 Å². The molecule has 0 aliphatic rings. The van der Waals surface area contributed by atoms with Gasteiger partial charge in [-0.1, -0.05) is 18.2 Å². The van der Waals surface area contributed by atoms with Gasteiger partial charge in [-0.05, 0) is 30.3 Å². The van der Waals surface area contributed by atoms with Crippen molar-refractivity contribution in [2.24, 2.45) is 0 Å². The molecule has 0 atom stereocenters. The quantitative estimate of drug-likeness (QED) is 0.400. The number of fused-ring (bicyclic) bond motifs is 1. The molecule has 0 bridgehead atoms. The van der Waals surface area contributed by atoms with Gasteiger partial charge in [0.2, 0.25) is 0 Å². The third kappa shape index (κ3) is 4.24. The second kappa shape index (κ2) is 8.51. The molecule has 0 spiro atoms. The first-order valence-corrected chi connectivity index (χ1v) is 9.87. The lowest BCUT2D eigenvalue weighted by atomic mass is 9.99. The number of anilines is 1. The van der Waals surface area contributed by atoms with Crippen LogP contribution in [0, 0.1) is 0 Å². The van der Waals surface area contributed by atoms with E-state index in [-0.39, 0.29) is 11.1 Å². The largest absolute Gasteiger partial charge is 0.417 e. The molecule has 0 fully saturated rings. The number of halogens is 3. The van der Waals surface area contributed by atoms with E-state index in [1.807, 2.05) is 30.1 Å². The molecule has 4 rings (SSSR count). The van der Waals surface area contributed by atoms with Gasteiger partial charge in [0, 0.05) is 43.7 Å². The average molecular weight is 442 g/mol. The maximum atomic E-state index is 13.3. The van der Waals surface area contributed by atoms with Gasteiger partial charge in [-0.2, -0.15) is 13.2 Å². The van der Waals surface area contributed by atoms with Crippen LogP contribution in [0.25, 0.3) is 22.6 Å². The van der Waals surface area contributed by atoms with Crippen LogP contribution < -0.4 is 4.90 Å². The van der Waals surface area contributed by atoms with Crippen molar-refractivity contribution in [2.75, 3.05) is 32.2 Å². The fraction of sp³-hybridized carbons (Fsp3) is 0.217. The number of rotatable bonds is 7. The molecule has 2 aromatic carbocycles. The fourth-order valence-electron chi connectivity index (χ4n) is 3.47. The summed E-state index contributed by atoms with van der Waals surface area (Å²) in [6.45, 7) is 1.32. The summed E-state index contributed by atoms with van der Waals surface area (Å²) in [4.78, 5) is 25.5. The van der Waals surface area contributed by atoms with E-state index in [1.165, 1.54) is 30.5 Å². The summed E-state index contributed by atoms with van der Waals surface area (Å²) in [7, 11) is 3.61. The number of likely N-dealkylation sites (N-methyl/N-ethyl adjacent to an activating group) is 1. The molecule has 4 aromatic rings. The fourth-order valence-corrected chi connectivity index (χ4v) is 3.47. The first kappa shape index (κ1) is 21.6. The van der Waals surface area contributed by atoms with Crippen LogP contribution in [-0.4, -0.2) is 48.0 Å². The molecule has 2 heterocycles. The number of imidazole rings is 1. The average Bonchev–Trinajstić information content (AvgIpc) is 3.43. The number of carbonyl (C=O) groups excluding carboxylic acids is 1. The lowest BCUT2D eigenvalue weighted by molar-refractivity contribution is -0.137. The Bertz CT molecular complexity index is 1260. The van der Waals surface area contributed by atoms with Gasteiger partial charge in [-0.3, -0.25) is 4.79 Å². The number of ether oxygens (including phenoxy) is 1. The maximum absolute atomic E-state index is 13.3. The summed E-state index contributed by atoms with van der Waals surface area (Å²) in [5.41, 5.74) is 1.79. The normalized spacial score (nSPS) is 11.8. The molecule has 9 heteroatoms. The third-order valence-corrected chi connectivity index (χ3v) is 5.21. The number of ketones is 1. The molecule has 0 saturated heterocycles. The molecule has 0 unspecified atom stereocenters. The van der Waals surface area contributed by atoms with E-state index < -0.39 is 17.5 Å². The molecule has 0 saturated carbocycles. The minimum absolute atomic E-state index is 0.122. The van der Waals surface area contributed by atoms with Crippen LogP contribution in [0.15, 0.2) is 54.7 Å². The summed E-state index contributed by atoms with van der Waals surface area (Å²) in [6, 6.07) is 12.0. The van der Waals surface area contributed by atoms with Crippen molar-refractivity contribution in [3.63, 3.8) is 0 Å². The van der Waals surface area contributed by atoms with Crippen molar-refractivity contribution in [1.29, 1.82) is 0 Å². The number of benzene rings is 2. The number of hydrogen-bond acceptors (Lipinski definition) is 4. The zero-order valence-corrected chi connectivity index (χ0v) is 17.5. The summed E-state index contributed by atoms with van der Waals surface area (Å²) >= 11 is 0. The van der Waals surface area contributed by atoms with Crippen LogP contribution in [0.2, 0.25) is 0 Å². The molecule has 2 aromatic heterocycles. The molecule has 0 amide bonds. The highest BCUT2D eigenvalue weighted by molar-refractivity contribution is 6.10.